The summed E-state index contributed by atoms with van der Waals surface area (Å²) in [7, 11) is 1.33. The number of rotatable bonds is 5. The molecule has 2 rings (SSSR count). The number of ether oxygens (including phenoxy) is 1. The third kappa shape index (κ3) is 3.48. The molecule has 19 heavy (non-hydrogen) atoms. The molecule has 0 bridgehead atoms. The van der Waals surface area contributed by atoms with E-state index in [1.807, 2.05) is 5.38 Å². The first kappa shape index (κ1) is 13.4. The number of methoxy groups -OCH3 is 1. The highest BCUT2D eigenvalue weighted by atomic mass is 32.1. The number of esters is 1. The molecular weight excluding hydrogens is 262 g/mol. The maximum absolute atomic E-state index is 12.0. The summed E-state index contributed by atoms with van der Waals surface area (Å²) >= 11 is 1.45. The van der Waals surface area contributed by atoms with Gasteiger partial charge in [-0.25, -0.2) is 9.78 Å². The lowest BCUT2D eigenvalue weighted by Crippen LogP contribution is -2.11. The topological polar surface area (TPSA) is 56.3 Å². The molecule has 0 atom stereocenters. The summed E-state index contributed by atoms with van der Waals surface area (Å²) in [5.41, 5.74) is 1.13. The van der Waals surface area contributed by atoms with Crippen LogP contribution in [0.5, 0.6) is 0 Å². The number of nitrogens with zero attached hydrogens (tertiary/aromatic N) is 1. The van der Waals surface area contributed by atoms with E-state index in [0.29, 0.717) is 17.5 Å². The van der Waals surface area contributed by atoms with Gasteiger partial charge in [0.1, 0.15) is 5.78 Å². The number of hydrogen-bond acceptors (Lipinski definition) is 5. The van der Waals surface area contributed by atoms with E-state index in [1.165, 1.54) is 18.4 Å². The Bertz CT molecular complexity index is 578. The molecule has 1 heterocycles. The van der Waals surface area contributed by atoms with E-state index in [0.717, 1.165) is 5.01 Å². The Hall–Kier alpha value is -2.01. The van der Waals surface area contributed by atoms with Gasteiger partial charge in [0, 0.05) is 18.0 Å². The summed E-state index contributed by atoms with van der Waals surface area (Å²) < 4.78 is 4.70. The molecule has 98 valence electrons. The van der Waals surface area contributed by atoms with Gasteiger partial charge >= 0.3 is 5.97 Å². The van der Waals surface area contributed by atoms with Crippen LogP contribution < -0.4 is 0 Å². The molecule has 0 saturated heterocycles. The van der Waals surface area contributed by atoms with Crippen LogP contribution in [-0.4, -0.2) is 23.8 Å². The standard InChI is InChI=1S/C14H13NO3S/c1-18-14(17)12-5-3-2-4-10(12)8-11(16)9-13-15-6-7-19-13/h2-7H,8-9H2,1H3. The van der Waals surface area contributed by atoms with Gasteiger partial charge in [-0.1, -0.05) is 18.2 Å². The van der Waals surface area contributed by atoms with Crippen LogP contribution in [0.3, 0.4) is 0 Å². The second-order valence-corrected chi connectivity index (χ2v) is 4.95. The highest BCUT2D eigenvalue weighted by Crippen LogP contribution is 2.13. The third-order valence-electron chi connectivity index (χ3n) is 2.64. The average molecular weight is 275 g/mol. The summed E-state index contributed by atoms with van der Waals surface area (Å²) in [5, 5.41) is 2.63. The second kappa shape index (κ2) is 6.24. The molecular formula is C14H13NO3S. The van der Waals surface area contributed by atoms with Crippen molar-refractivity contribution in [1.29, 1.82) is 0 Å². The molecule has 2 aromatic rings. The lowest BCUT2D eigenvalue weighted by molar-refractivity contribution is -0.117. The largest absolute Gasteiger partial charge is 0.465 e. The average Bonchev–Trinajstić information content (AvgIpc) is 2.91. The van der Waals surface area contributed by atoms with Crippen molar-refractivity contribution < 1.29 is 14.3 Å². The third-order valence-corrected chi connectivity index (χ3v) is 3.42. The van der Waals surface area contributed by atoms with Crippen LogP contribution in [0.2, 0.25) is 0 Å². The molecule has 5 heteroatoms. The fraction of sp³-hybridized carbons (Fsp3) is 0.214. The van der Waals surface area contributed by atoms with Crippen molar-refractivity contribution >= 4 is 23.1 Å². The normalized spacial score (nSPS) is 10.2. The highest BCUT2D eigenvalue weighted by molar-refractivity contribution is 7.09. The van der Waals surface area contributed by atoms with Crippen molar-refractivity contribution in [2.45, 2.75) is 12.8 Å². The molecule has 0 saturated carbocycles. The molecule has 0 spiro atoms. The number of Topliss-reactive ketones (excluding diaryl/α,β-unsaturated/α-hetero) is 1. The fourth-order valence-electron chi connectivity index (χ4n) is 1.77. The molecule has 0 aliphatic rings. The number of hydrogen-bond donors (Lipinski definition) is 0. The van der Waals surface area contributed by atoms with Crippen LogP contribution >= 0.6 is 11.3 Å². The van der Waals surface area contributed by atoms with Gasteiger partial charge in [0.05, 0.1) is 24.1 Å². The SMILES string of the molecule is COC(=O)c1ccccc1CC(=O)Cc1nccs1. The van der Waals surface area contributed by atoms with Gasteiger partial charge in [-0.2, -0.15) is 0 Å². The highest BCUT2D eigenvalue weighted by Gasteiger charge is 2.14. The predicted octanol–water partition coefficient (Wildman–Crippen LogP) is 2.28. The Kier molecular flexibility index (Phi) is 4.41. The number of thiazole rings is 1. The zero-order valence-electron chi connectivity index (χ0n) is 10.5. The Labute approximate surface area is 115 Å². The van der Waals surface area contributed by atoms with Gasteiger partial charge in [0.25, 0.3) is 0 Å². The summed E-state index contributed by atoms with van der Waals surface area (Å²) in [6.07, 6.45) is 2.19. The minimum Gasteiger partial charge on any atom is -0.465 e. The summed E-state index contributed by atoms with van der Waals surface area (Å²) in [6.45, 7) is 0. The minimum atomic E-state index is -0.419. The maximum atomic E-state index is 12.0. The van der Waals surface area contributed by atoms with Crippen LogP contribution in [0.15, 0.2) is 35.8 Å². The predicted molar refractivity (Wildman–Crippen MR) is 72.3 cm³/mol. The molecule has 0 radical (unpaired) electrons. The molecule has 0 amide bonds. The lowest BCUT2D eigenvalue weighted by atomic mass is 10.0. The smallest absolute Gasteiger partial charge is 0.338 e. The van der Waals surface area contributed by atoms with E-state index < -0.39 is 5.97 Å². The van der Waals surface area contributed by atoms with Crippen LogP contribution in [0.1, 0.15) is 20.9 Å². The van der Waals surface area contributed by atoms with Gasteiger partial charge in [-0.15, -0.1) is 11.3 Å². The molecule has 0 aliphatic carbocycles. The summed E-state index contributed by atoms with van der Waals surface area (Å²) in [6, 6.07) is 6.99. The van der Waals surface area contributed by atoms with Crippen molar-refractivity contribution in [1.82, 2.24) is 4.98 Å². The monoisotopic (exact) mass is 275 g/mol. The van der Waals surface area contributed by atoms with E-state index in [2.05, 4.69) is 4.98 Å². The molecule has 0 aliphatic heterocycles. The lowest BCUT2D eigenvalue weighted by Gasteiger charge is -2.06. The van der Waals surface area contributed by atoms with Gasteiger partial charge < -0.3 is 4.74 Å². The van der Waals surface area contributed by atoms with Crippen molar-refractivity contribution in [3.63, 3.8) is 0 Å². The van der Waals surface area contributed by atoms with Crippen molar-refractivity contribution in [2.75, 3.05) is 7.11 Å². The Morgan fingerprint density at radius 2 is 2.05 bits per heavy atom. The Morgan fingerprint density at radius 3 is 2.74 bits per heavy atom. The number of aromatic nitrogens is 1. The number of carbonyl (C=O) groups excluding carboxylic acids is 2. The van der Waals surface area contributed by atoms with Crippen LogP contribution in [0, 0.1) is 0 Å². The Morgan fingerprint density at radius 1 is 1.26 bits per heavy atom. The van der Waals surface area contributed by atoms with E-state index in [4.69, 9.17) is 4.74 Å². The summed E-state index contributed by atoms with van der Waals surface area (Å²) in [5.74, 6) is -0.385. The van der Waals surface area contributed by atoms with Gasteiger partial charge in [0.2, 0.25) is 0 Å². The quantitative estimate of drug-likeness (QED) is 0.786. The summed E-state index contributed by atoms with van der Waals surface area (Å²) in [4.78, 5) is 27.6. The molecule has 0 fully saturated rings. The number of benzene rings is 1. The van der Waals surface area contributed by atoms with E-state index in [-0.39, 0.29) is 12.2 Å². The molecule has 0 N–H and O–H groups in total. The molecule has 4 nitrogen and oxygen atoms in total. The van der Waals surface area contributed by atoms with Crippen molar-refractivity contribution in [3.05, 3.63) is 52.0 Å². The van der Waals surface area contributed by atoms with Crippen LogP contribution in [-0.2, 0) is 22.4 Å². The number of ketones is 1. The van der Waals surface area contributed by atoms with Gasteiger partial charge in [-0.3, -0.25) is 4.79 Å². The van der Waals surface area contributed by atoms with E-state index >= 15 is 0 Å². The number of carbonyl (C=O) groups is 2. The Balaban J connectivity index is 2.10. The first-order chi connectivity index (χ1) is 9.20. The van der Waals surface area contributed by atoms with Gasteiger partial charge in [0.15, 0.2) is 0 Å². The van der Waals surface area contributed by atoms with Crippen LogP contribution in [0.25, 0.3) is 0 Å². The zero-order valence-corrected chi connectivity index (χ0v) is 11.3. The molecule has 1 aromatic carbocycles. The second-order valence-electron chi connectivity index (χ2n) is 3.97. The van der Waals surface area contributed by atoms with Crippen molar-refractivity contribution in [3.8, 4) is 0 Å². The zero-order chi connectivity index (χ0) is 13.7. The van der Waals surface area contributed by atoms with Crippen molar-refractivity contribution in [2.24, 2.45) is 0 Å². The molecule has 0 unspecified atom stereocenters. The van der Waals surface area contributed by atoms with Gasteiger partial charge in [-0.05, 0) is 11.6 Å². The fourth-order valence-corrected chi connectivity index (χ4v) is 2.41. The van der Waals surface area contributed by atoms with E-state index in [9.17, 15) is 9.59 Å². The minimum absolute atomic E-state index is 0.0336. The maximum Gasteiger partial charge on any atom is 0.338 e. The van der Waals surface area contributed by atoms with Crippen LogP contribution in [0.4, 0.5) is 0 Å². The first-order valence-electron chi connectivity index (χ1n) is 5.77. The first-order valence-corrected chi connectivity index (χ1v) is 6.65. The molecule has 1 aromatic heterocycles. The van der Waals surface area contributed by atoms with E-state index in [1.54, 1.807) is 30.5 Å².